The van der Waals surface area contributed by atoms with Crippen LogP contribution in [0, 0.1) is 18.3 Å². The van der Waals surface area contributed by atoms with Crippen LogP contribution in [-0.4, -0.2) is 3.97 Å². The topological polar surface area (TPSA) is 28.7 Å². The highest BCUT2D eigenvalue weighted by atomic mass is 32.1. The van der Waals surface area contributed by atoms with Gasteiger partial charge in [0.2, 0.25) is 0 Å². The van der Waals surface area contributed by atoms with Gasteiger partial charge in [-0.15, -0.1) is 0 Å². The van der Waals surface area contributed by atoms with Crippen molar-refractivity contribution in [3.63, 3.8) is 0 Å². The molecule has 2 rings (SSSR count). The van der Waals surface area contributed by atoms with Gasteiger partial charge in [-0.05, 0) is 25.8 Å². The molecule has 1 heterocycles. The summed E-state index contributed by atoms with van der Waals surface area (Å²) in [5.74, 6) is 0. The van der Waals surface area contributed by atoms with Gasteiger partial charge in [0.1, 0.15) is 0 Å². The summed E-state index contributed by atoms with van der Waals surface area (Å²) >= 11 is 4.36. The summed E-state index contributed by atoms with van der Waals surface area (Å²) in [5.41, 5.74) is 4.11. The first-order valence-electron chi connectivity index (χ1n) is 4.25. The number of thiol groups is 1. The van der Waals surface area contributed by atoms with Gasteiger partial charge < -0.3 is 0 Å². The Morgan fingerprint density at radius 2 is 2.38 bits per heavy atom. The highest BCUT2D eigenvalue weighted by molar-refractivity contribution is 7.78. The number of nitriles is 1. The van der Waals surface area contributed by atoms with Crippen molar-refractivity contribution in [1.82, 2.24) is 3.97 Å². The van der Waals surface area contributed by atoms with E-state index in [1.165, 1.54) is 5.69 Å². The minimum absolute atomic E-state index is 0.789. The van der Waals surface area contributed by atoms with Gasteiger partial charge in [0.15, 0.2) is 0 Å². The quantitative estimate of drug-likeness (QED) is 0.625. The summed E-state index contributed by atoms with van der Waals surface area (Å²) in [6, 6.07) is 4.24. The van der Waals surface area contributed by atoms with Gasteiger partial charge in [-0.25, -0.2) is 0 Å². The maximum absolute atomic E-state index is 8.89. The fourth-order valence-corrected chi connectivity index (χ4v) is 1.99. The SMILES string of the molecule is Cc1cc2c(n1S)CCC=C2C#N. The van der Waals surface area contributed by atoms with E-state index in [0.717, 1.165) is 29.7 Å². The molecule has 0 N–H and O–H groups in total. The molecule has 0 fully saturated rings. The lowest BCUT2D eigenvalue weighted by molar-refractivity contribution is 0.913. The van der Waals surface area contributed by atoms with Gasteiger partial charge >= 0.3 is 0 Å². The number of allylic oxidation sites excluding steroid dienone is 2. The Morgan fingerprint density at radius 3 is 3.08 bits per heavy atom. The number of rotatable bonds is 0. The van der Waals surface area contributed by atoms with Crippen LogP contribution in [0.25, 0.3) is 5.57 Å². The summed E-state index contributed by atoms with van der Waals surface area (Å²) in [6.45, 7) is 2.00. The summed E-state index contributed by atoms with van der Waals surface area (Å²) in [4.78, 5) is 0. The van der Waals surface area contributed by atoms with Crippen LogP contribution in [0.4, 0.5) is 0 Å². The molecule has 0 radical (unpaired) electrons. The first kappa shape index (κ1) is 8.46. The first-order valence-corrected chi connectivity index (χ1v) is 4.65. The maximum atomic E-state index is 8.89. The van der Waals surface area contributed by atoms with E-state index in [1.807, 2.05) is 23.0 Å². The zero-order valence-electron chi connectivity index (χ0n) is 7.41. The van der Waals surface area contributed by atoms with Crippen molar-refractivity contribution in [1.29, 1.82) is 5.26 Å². The predicted molar refractivity (Wildman–Crippen MR) is 55.5 cm³/mol. The minimum Gasteiger partial charge on any atom is -0.295 e. The van der Waals surface area contributed by atoms with Crippen molar-refractivity contribution >= 4 is 18.4 Å². The van der Waals surface area contributed by atoms with Crippen molar-refractivity contribution in [3.05, 3.63) is 29.1 Å². The Kier molecular flexibility index (Phi) is 1.93. The number of hydrogen-bond donors (Lipinski definition) is 1. The lowest BCUT2D eigenvalue weighted by Crippen LogP contribution is -1.99. The summed E-state index contributed by atoms with van der Waals surface area (Å²) < 4.78 is 1.87. The summed E-state index contributed by atoms with van der Waals surface area (Å²) in [7, 11) is 0. The molecule has 3 heteroatoms. The standard InChI is InChI=1S/C10H10N2S/c1-7-5-9-8(6-11)3-2-4-10(9)12(7)13/h3,5,13H,2,4H2,1H3. The number of fused-ring (bicyclic) bond motifs is 1. The van der Waals surface area contributed by atoms with E-state index in [4.69, 9.17) is 5.26 Å². The normalized spacial score (nSPS) is 14.7. The molecule has 1 aliphatic rings. The largest absolute Gasteiger partial charge is 0.295 e. The van der Waals surface area contributed by atoms with E-state index in [1.54, 1.807) is 0 Å². The van der Waals surface area contributed by atoms with Crippen molar-refractivity contribution in [2.24, 2.45) is 0 Å². The van der Waals surface area contributed by atoms with E-state index >= 15 is 0 Å². The Hall–Kier alpha value is -1.14. The van der Waals surface area contributed by atoms with Crippen LogP contribution in [0.2, 0.25) is 0 Å². The number of aromatic nitrogens is 1. The van der Waals surface area contributed by atoms with Crippen molar-refractivity contribution < 1.29 is 0 Å². The average molecular weight is 190 g/mol. The summed E-state index contributed by atoms with van der Waals surface area (Å²) in [6.07, 6.45) is 3.92. The molecule has 2 nitrogen and oxygen atoms in total. The van der Waals surface area contributed by atoms with Crippen LogP contribution in [0.1, 0.15) is 23.4 Å². The number of nitrogens with zero attached hydrogens (tertiary/aromatic N) is 2. The average Bonchev–Trinajstić information content (AvgIpc) is 2.43. The Labute approximate surface area is 83.0 Å². The van der Waals surface area contributed by atoms with E-state index < -0.39 is 0 Å². The highest BCUT2D eigenvalue weighted by Crippen LogP contribution is 2.29. The molecule has 0 saturated heterocycles. The van der Waals surface area contributed by atoms with Crippen LogP contribution in [0.5, 0.6) is 0 Å². The lowest BCUT2D eigenvalue weighted by atomic mass is 9.98. The van der Waals surface area contributed by atoms with Gasteiger partial charge in [-0.2, -0.15) is 5.26 Å². The molecule has 13 heavy (non-hydrogen) atoms. The van der Waals surface area contributed by atoms with E-state index in [9.17, 15) is 0 Å². The second-order valence-electron chi connectivity index (χ2n) is 3.23. The molecule has 1 aromatic rings. The third kappa shape index (κ3) is 1.18. The second kappa shape index (κ2) is 2.97. The maximum Gasteiger partial charge on any atom is 0.0995 e. The Morgan fingerprint density at radius 1 is 1.62 bits per heavy atom. The van der Waals surface area contributed by atoms with E-state index in [-0.39, 0.29) is 0 Å². The molecule has 0 atom stereocenters. The first-order chi connectivity index (χ1) is 6.24. The molecule has 0 unspecified atom stereocenters. The fourth-order valence-electron chi connectivity index (χ4n) is 1.72. The van der Waals surface area contributed by atoms with Crippen molar-refractivity contribution in [2.75, 3.05) is 0 Å². The molecule has 66 valence electrons. The molecule has 0 aromatic carbocycles. The third-order valence-electron chi connectivity index (χ3n) is 2.39. The minimum atomic E-state index is 0.789. The van der Waals surface area contributed by atoms with Gasteiger partial charge in [0.05, 0.1) is 11.6 Å². The van der Waals surface area contributed by atoms with Crippen molar-refractivity contribution in [2.45, 2.75) is 19.8 Å². The smallest absolute Gasteiger partial charge is 0.0995 e. The number of aryl methyl sites for hydroxylation is 1. The van der Waals surface area contributed by atoms with E-state index in [0.29, 0.717) is 0 Å². The molecule has 0 bridgehead atoms. The molecular weight excluding hydrogens is 180 g/mol. The zero-order chi connectivity index (χ0) is 9.42. The Balaban J connectivity index is 2.63. The van der Waals surface area contributed by atoms with Gasteiger partial charge in [-0.1, -0.05) is 18.9 Å². The van der Waals surface area contributed by atoms with Gasteiger partial charge in [-0.3, -0.25) is 3.97 Å². The molecule has 0 spiro atoms. The third-order valence-corrected chi connectivity index (χ3v) is 2.95. The molecular formula is C10H10N2S. The highest BCUT2D eigenvalue weighted by Gasteiger charge is 2.17. The van der Waals surface area contributed by atoms with Gasteiger partial charge in [0, 0.05) is 17.0 Å². The second-order valence-corrected chi connectivity index (χ2v) is 3.63. The molecule has 0 saturated carbocycles. The van der Waals surface area contributed by atoms with Crippen LogP contribution in [0.15, 0.2) is 12.1 Å². The molecule has 1 aromatic heterocycles. The fraction of sp³-hybridized carbons (Fsp3) is 0.300. The van der Waals surface area contributed by atoms with Crippen molar-refractivity contribution in [3.8, 4) is 6.07 Å². The van der Waals surface area contributed by atoms with Gasteiger partial charge in [0.25, 0.3) is 0 Å². The number of hydrogen-bond acceptors (Lipinski definition) is 2. The molecule has 0 aliphatic heterocycles. The monoisotopic (exact) mass is 190 g/mol. The van der Waals surface area contributed by atoms with Crippen LogP contribution < -0.4 is 0 Å². The summed E-state index contributed by atoms with van der Waals surface area (Å²) in [5, 5.41) is 8.89. The molecule has 0 amide bonds. The van der Waals surface area contributed by atoms with Crippen LogP contribution in [-0.2, 0) is 6.42 Å². The predicted octanol–water partition coefficient (Wildman–Crippen LogP) is 2.34. The van der Waals surface area contributed by atoms with Crippen LogP contribution >= 0.6 is 12.8 Å². The Bertz CT molecular complexity index is 421. The lowest BCUT2D eigenvalue weighted by Gasteiger charge is -2.09. The zero-order valence-corrected chi connectivity index (χ0v) is 8.30. The molecule has 1 aliphatic carbocycles. The van der Waals surface area contributed by atoms with E-state index in [2.05, 4.69) is 18.9 Å². The van der Waals surface area contributed by atoms with Crippen LogP contribution in [0.3, 0.4) is 0 Å².